The Balaban J connectivity index is 2.06. The van der Waals surface area contributed by atoms with Crippen LogP contribution in [-0.2, 0) is 9.53 Å². The second kappa shape index (κ2) is 4.55. The Kier molecular flexibility index (Phi) is 3.13. The van der Waals surface area contributed by atoms with Crippen LogP contribution in [0.3, 0.4) is 0 Å². The average Bonchev–Trinajstić information content (AvgIpc) is 2.85. The summed E-state index contributed by atoms with van der Waals surface area (Å²) in [6.45, 7) is 0.796. The lowest BCUT2D eigenvalue weighted by Gasteiger charge is -2.02. The van der Waals surface area contributed by atoms with Gasteiger partial charge in [0.25, 0.3) is 0 Å². The Morgan fingerprint density at radius 1 is 1.73 bits per heavy atom. The first-order chi connectivity index (χ1) is 7.25. The maximum atomic E-state index is 10.3. The van der Waals surface area contributed by atoms with Gasteiger partial charge in [0, 0.05) is 23.8 Å². The van der Waals surface area contributed by atoms with Crippen LogP contribution in [-0.4, -0.2) is 22.7 Å². The number of hydrogen-bond acceptors (Lipinski definition) is 4. The van der Waals surface area contributed by atoms with E-state index in [0.29, 0.717) is 0 Å². The summed E-state index contributed by atoms with van der Waals surface area (Å²) < 4.78 is 5.49. The van der Waals surface area contributed by atoms with Gasteiger partial charge >= 0.3 is 5.97 Å². The zero-order chi connectivity index (χ0) is 10.7. The van der Waals surface area contributed by atoms with E-state index in [1.54, 1.807) is 12.3 Å². The number of carboxylic acid groups (broad SMARTS) is 1. The maximum Gasteiger partial charge on any atom is 0.328 e. The molecule has 1 atom stereocenters. The highest BCUT2D eigenvalue weighted by Crippen LogP contribution is 2.31. The third-order valence-electron chi connectivity index (χ3n) is 2.14. The second-order valence-corrected chi connectivity index (χ2v) is 4.37. The molecule has 1 aromatic rings. The molecule has 1 aliphatic heterocycles. The lowest BCUT2D eigenvalue weighted by atomic mass is 10.2. The number of aliphatic carboxylic acids is 1. The van der Waals surface area contributed by atoms with Crippen molar-refractivity contribution in [2.75, 3.05) is 6.61 Å². The van der Waals surface area contributed by atoms with E-state index < -0.39 is 5.97 Å². The topological polar surface area (TPSA) is 59.4 Å². The van der Waals surface area contributed by atoms with Gasteiger partial charge in [0.2, 0.25) is 0 Å². The van der Waals surface area contributed by atoms with Crippen molar-refractivity contribution in [2.24, 2.45) is 0 Å². The Bertz CT molecular complexity index is 380. The molecule has 0 aliphatic carbocycles. The maximum absolute atomic E-state index is 10.3. The van der Waals surface area contributed by atoms with E-state index in [0.717, 1.165) is 35.4 Å². The molecule has 1 N–H and O–H groups in total. The molecule has 5 heteroatoms. The highest BCUT2D eigenvalue weighted by molar-refractivity contribution is 7.12. The molecule has 0 saturated carbocycles. The second-order valence-electron chi connectivity index (χ2n) is 3.27. The highest BCUT2D eigenvalue weighted by Gasteiger charge is 2.20. The fourth-order valence-electron chi connectivity index (χ4n) is 1.45. The molecular weight excluding hydrogens is 214 g/mol. The molecule has 1 saturated heterocycles. The van der Waals surface area contributed by atoms with Crippen molar-refractivity contribution in [3.63, 3.8) is 0 Å². The predicted molar refractivity (Wildman–Crippen MR) is 56.7 cm³/mol. The molecule has 15 heavy (non-hydrogen) atoms. The van der Waals surface area contributed by atoms with Crippen LogP contribution in [0, 0.1) is 0 Å². The van der Waals surface area contributed by atoms with E-state index in [9.17, 15) is 4.79 Å². The van der Waals surface area contributed by atoms with E-state index in [2.05, 4.69) is 4.98 Å². The van der Waals surface area contributed by atoms with Crippen molar-refractivity contribution < 1.29 is 14.6 Å². The van der Waals surface area contributed by atoms with Gasteiger partial charge in [0.05, 0.1) is 0 Å². The molecule has 0 amide bonds. The summed E-state index contributed by atoms with van der Waals surface area (Å²) in [4.78, 5) is 15.4. The fourth-order valence-corrected chi connectivity index (χ4v) is 2.36. The molecule has 80 valence electrons. The average molecular weight is 225 g/mol. The van der Waals surface area contributed by atoms with E-state index in [-0.39, 0.29) is 6.10 Å². The van der Waals surface area contributed by atoms with Crippen LogP contribution in [0.2, 0.25) is 0 Å². The van der Waals surface area contributed by atoms with E-state index in [1.807, 2.05) is 0 Å². The van der Waals surface area contributed by atoms with Gasteiger partial charge < -0.3 is 9.84 Å². The number of nitrogens with zero attached hydrogens (tertiary/aromatic N) is 1. The zero-order valence-electron chi connectivity index (χ0n) is 8.05. The van der Waals surface area contributed by atoms with Gasteiger partial charge in [-0.25, -0.2) is 9.78 Å². The van der Waals surface area contributed by atoms with Crippen LogP contribution in [0.25, 0.3) is 6.08 Å². The van der Waals surface area contributed by atoms with Gasteiger partial charge in [-0.05, 0) is 18.9 Å². The number of aromatic nitrogens is 1. The van der Waals surface area contributed by atoms with Crippen molar-refractivity contribution in [1.29, 1.82) is 0 Å². The van der Waals surface area contributed by atoms with Crippen LogP contribution < -0.4 is 0 Å². The van der Waals surface area contributed by atoms with Gasteiger partial charge in [-0.1, -0.05) is 0 Å². The van der Waals surface area contributed by atoms with E-state index in [1.165, 1.54) is 11.3 Å². The lowest BCUT2D eigenvalue weighted by molar-refractivity contribution is -0.131. The van der Waals surface area contributed by atoms with Gasteiger partial charge in [-0.15, -0.1) is 11.3 Å². The van der Waals surface area contributed by atoms with Crippen LogP contribution >= 0.6 is 11.3 Å². The molecule has 0 radical (unpaired) electrons. The molecule has 1 unspecified atom stereocenters. The molecule has 0 bridgehead atoms. The first kappa shape index (κ1) is 10.3. The zero-order valence-corrected chi connectivity index (χ0v) is 8.87. The van der Waals surface area contributed by atoms with Gasteiger partial charge in [-0.3, -0.25) is 0 Å². The minimum absolute atomic E-state index is 0.113. The van der Waals surface area contributed by atoms with Crippen LogP contribution in [0.1, 0.15) is 28.8 Å². The summed E-state index contributed by atoms with van der Waals surface area (Å²) in [5, 5.41) is 9.41. The van der Waals surface area contributed by atoms with Gasteiger partial charge in [-0.2, -0.15) is 0 Å². The van der Waals surface area contributed by atoms with Crippen LogP contribution in [0.5, 0.6) is 0 Å². The summed E-state index contributed by atoms with van der Waals surface area (Å²) in [6.07, 6.45) is 6.55. The summed E-state index contributed by atoms with van der Waals surface area (Å²) >= 11 is 1.49. The fraction of sp³-hybridized carbons (Fsp3) is 0.400. The quantitative estimate of drug-likeness (QED) is 0.800. The number of carboxylic acids is 1. The summed E-state index contributed by atoms with van der Waals surface area (Å²) in [5.74, 6) is -0.943. The van der Waals surface area contributed by atoms with Crippen molar-refractivity contribution >= 4 is 23.4 Å². The Morgan fingerprint density at radius 3 is 3.27 bits per heavy atom. The first-order valence-electron chi connectivity index (χ1n) is 4.74. The minimum Gasteiger partial charge on any atom is -0.478 e. The van der Waals surface area contributed by atoms with Crippen molar-refractivity contribution in [1.82, 2.24) is 4.98 Å². The first-order valence-corrected chi connectivity index (χ1v) is 5.55. The number of thiazole rings is 1. The number of ether oxygens (including phenoxy) is 1. The number of rotatable bonds is 3. The smallest absolute Gasteiger partial charge is 0.328 e. The van der Waals surface area contributed by atoms with E-state index in [4.69, 9.17) is 9.84 Å². The largest absolute Gasteiger partial charge is 0.478 e. The third-order valence-corrected chi connectivity index (χ3v) is 3.19. The molecule has 1 fully saturated rings. The molecule has 1 aromatic heterocycles. The Morgan fingerprint density at radius 2 is 2.60 bits per heavy atom. The molecule has 0 aromatic carbocycles. The normalized spacial score (nSPS) is 21.2. The molecule has 1 aliphatic rings. The monoisotopic (exact) mass is 225 g/mol. The third kappa shape index (κ3) is 2.64. The SMILES string of the molecule is O=C(O)/C=C/c1cnc(C2CCCO2)s1. The Hall–Kier alpha value is -1.20. The Labute approximate surface area is 91.2 Å². The molecular formula is C10H11NO3S. The van der Waals surface area contributed by atoms with Crippen molar-refractivity contribution in [3.05, 3.63) is 22.2 Å². The summed E-state index contributed by atoms with van der Waals surface area (Å²) in [7, 11) is 0. The number of carbonyl (C=O) groups is 1. The summed E-state index contributed by atoms with van der Waals surface area (Å²) in [6, 6.07) is 0. The van der Waals surface area contributed by atoms with Crippen LogP contribution in [0.15, 0.2) is 12.3 Å². The predicted octanol–water partition coefficient (Wildman–Crippen LogP) is 2.09. The molecule has 2 rings (SSSR count). The van der Waals surface area contributed by atoms with Gasteiger partial charge in [0.15, 0.2) is 0 Å². The lowest BCUT2D eigenvalue weighted by Crippen LogP contribution is -1.93. The standard InChI is InChI=1S/C10H11NO3S/c12-9(13)4-3-7-6-11-10(15-7)8-2-1-5-14-8/h3-4,6,8H,1-2,5H2,(H,12,13)/b4-3+. The van der Waals surface area contributed by atoms with Gasteiger partial charge in [0.1, 0.15) is 11.1 Å². The highest BCUT2D eigenvalue weighted by atomic mass is 32.1. The number of hydrogen-bond donors (Lipinski definition) is 1. The van der Waals surface area contributed by atoms with E-state index >= 15 is 0 Å². The molecule has 0 spiro atoms. The summed E-state index contributed by atoms with van der Waals surface area (Å²) in [5.41, 5.74) is 0. The minimum atomic E-state index is -0.943. The van der Waals surface area contributed by atoms with Crippen molar-refractivity contribution in [3.8, 4) is 0 Å². The molecule has 2 heterocycles. The molecule has 4 nitrogen and oxygen atoms in total. The van der Waals surface area contributed by atoms with Crippen LogP contribution in [0.4, 0.5) is 0 Å². The van der Waals surface area contributed by atoms with Crippen molar-refractivity contribution in [2.45, 2.75) is 18.9 Å².